The molecule has 0 aliphatic carbocycles. The fourth-order valence-corrected chi connectivity index (χ4v) is 2.25. The maximum absolute atomic E-state index is 12.6. The van der Waals surface area contributed by atoms with Crippen molar-refractivity contribution in [1.82, 2.24) is 0 Å². The van der Waals surface area contributed by atoms with Gasteiger partial charge in [0, 0.05) is 22.5 Å². The number of hydrogen-bond acceptors (Lipinski definition) is 4. The Morgan fingerprint density at radius 3 is 1.88 bits per heavy atom. The molecule has 0 unspecified atom stereocenters. The minimum Gasteiger partial charge on any atom is -0.493 e. The van der Waals surface area contributed by atoms with Gasteiger partial charge in [-0.15, -0.1) is 0 Å². The summed E-state index contributed by atoms with van der Waals surface area (Å²) >= 11 is 5.83. The van der Waals surface area contributed by atoms with Crippen LogP contribution >= 0.6 is 11.6 Å². The monoisotopic (exact) mass is 376 g/mol. The van der Waals surface area contributed by atoms with E-state index >= 15 is 0 Å². The van der Waals surface area contributed by atoms with E-state index in [1.165, 1.54) is 14.2 Å². The fraction of sp³-hybridized carbons (Fsp3) is 0.263. The minimum atomic E-state index is -1.30. The van der Waals surface area contributed by atoms with Crippen LogP contribution in [0.25, 0.3) is 0 Å². The van der Waals surface area contributed by atoms with Crippen molar-refractivity contribution >= 4 is 34.8 Å². The molecule has 0 aliphatic rings. The van der Waals surface area contributed by atoms with Crippen molar-refractivity contribution < 1.29 is 19.1 Å². The Hall–Kier alpha value is -2.73. The second-order valence-corrected chi connectivity index (χ2v) is 6.55. The predicted octanol–water partition coefficient (Wildman–Crippen LogP) is 3.96. The van der Waals surface area contributed by atoms with E-state index in [2.05, 4.69) is 10.6 Å². The second-order valence-electron chi connectivity index (χ2n) is 6.11. The van der Waals surface area contributed by atoms with E-state index in [4.69, 9.17) is 21.1 Å². The van der Waals surface area contributed by atoms with Gasteiger partial charge in [-0.2, -0.15) is 0 Å². The number of ether oxygens (including phenoxy) is 2. The zero-order valence-electron chi connectivity index (χ0n) is 15.1. The van der Waals surface area contributed by atoms with Gasteiger partial charge in [-0.3, -0.25) is 9.59 Å². The lowest BCUT2D eigenvalue weighted by atomic mass is 9.90. The summed E-state index contributed by atoms with van der Waals surface area (Å²) in [5.41, 5.74) is -0.237. The Morgan fingerprint density at radius 2 is 1.35 bits per heavy atom. The molecule has 0 radical (unpaired) electrons. The third kappa shape index (κ3) is 4.46. The number of nitrogens with one attached hydrogen (secondary N) is 2. The van der Waals surface area contributed by atoms with Crippen molar-refractivity contribution in [2.24, 2.45) is 5.41 Å². The summed E-state index contributed by atoms with van der Waals surface area (Å²) in [6.07, 6.45) is 0. The number of methoxy groups -OCH3 is 2. The molecule has 26 heavy (non-hydrogen) atoms. The first kappa shape index (κ1) is 19.6. The summed E-state index contributed by atoms with van der Waals surface area (Å²) in [7, 11) is 3.03. The first-order valence-electron chi connectivity index (χ1n) is 7.88. The van der Waals surface area contributed by atoms with Gasteiger partial charge in [0.25, 0.3) is 0 Å². The average molecular weight is 377 g/mol. The van der Waals surface area contributed by atoms with Crippen LogP contribution in [0.5, 0.6) is 11.5 Å². The maximum atomic E-state index is 12.6. The number of hydrogen-bond donors (Lipinski definition) is 2. The molecule has 2 aromatic carbocycles. The van der Waals surface area contributed by atoms with Gasteiger partial charge in [-0.05, 0) is 50.2 Å². The van der Waals surface area contributed by atoms with Crippen molar-refractivity contribution in [2.75, 3.05) is 24.9 Å². The highest BCUT2D eigenvalue weighted by Gasteiger charge is 2.36. The number of amides is 2. The van der Waals surface area contributed by atoms with E-state index in [0.29, 0.717) is 27.9 Å². The van der Waals surface area contributed by atoms with Gasteiger partial charge in [0.05, 0.1) is 14.2 Å². The molecular weight excluding hydrogens is 356 g/mol. The van der Waals surface area contributed by atoms with Crippen LogP contribution in [-0.4, -0.2) is 26.0 Å². The summed E-state index contributed by atoms with van der Waals surface area (Å²) in [6, 6.07) is 11.6. The van der Waals surface area contributed by atoms with Crippen molar-refractivity contribution in [3.8, 4) is 11.5 Å². The molecule has 2 rings (SSSR count). The van der Waals surface area contributed by atoms with Crippen LogP contribution in [0.15, 0.2) is 42.5 Å². The third-order valence-corrected chi connectivity index (χ3v) is 4.13. The normalized spacial score (nSPS) is 10.8. The highest BCUT2D eigenvalue weighted by molar-refractivity contribution is 6.30. The minimum absolute atomic E-state index is 0.433. The molecule has 0 saturated heterocycles. The topological polar surface area (TPSA) is 76.7 Å². The standard InChI is InChI=1S/C19H21ClN2O4/c1-19(2,17(23)21-13-7-5-12(20)6-8-13)18(24)22-14-9-10-15(25-3)16(11-14)26-4/h5-11H,1-4H3,(H,21,23)(H,22,24). The summed E-state index contributed by atoms with van der Waals surface area (Å²) in [5, 5.41) is 6.00. The molecule has 0 spiro atoms. The molecule has 0 heterocycles. The largest absolute Gasteiger partial charge is 0.493 e. The SMILES string of the molecule is COc1ccc(NC(=O)C(C)(C)C(=O)Nc2ccc(Cl)cc2)cc1OC. The molecule has 6 nitrogen and oxygen atoms in total. The summed E-state index contributed by atoms with van der Waals surface area (Å²) in [4.78, 5) is 25.1. The van der Waals surface area contributed by atoms with Crippen LogP contribution in [0.3, 0.4) is 0 Å². The molecular formula is C19H21ClN2O4. The van der Waals surface area contributed by atoms with Gasteiger partial charge in [0.1, 0.15) is 5.41 Å². The van der Waals surface area contributed by atoms with Crippen LogP contribution in [-0.2, 0) is 9.59 Å². The van der Waals surface area contributed by atoms with Crippen molar-refractivity contribution in [3.63, 3.8) is 0 Å². The Morgan fingerprint density at radius 1 is 0.846 bits per heavy atom. The number of carbonyl (C=O) groups is 2. The molecule has 0 aromatic heterocycles. The number of anilines is 2. The Bertz CT molecular complexity index is 804. The van der Waals surface area contributed by atoms with Crippen molar-refractivity contribution in [3.05, 3.63) is 47.5 Å². The van der Waals surface area contributed by atoms with Gasteiger partial charge < -0.3 is 20.1 Å². The summed E-state index contributed by atoms with van der Waals surface area (Å²) < 4.78 is 10.4. The Balaban J connectivity index is 2.11. The molecule has 0 bridgehead atoms. The van der Waals surface area contributed by atoms with Gasteiger partial charge in [-0.1, -0.05) is 11.6 Å². The molecule has 0 fully saturated rings. The Labute approximate surface area is 157 Å². The van der Waals surface area contributed by atoms with E-state index in [0.717, 1.165) is 0 Å². The van der Waals surface area contributed by atoms with Crippen molar-refractivity contribution in [2.45, 2.75) is 13.8 Å². The number of rotatable bonds is 6. The van der Waals surface area contributed by atoms with E-state index in [1.807, 2.05) is 0 Å². The molecule has 2 aromatic rings. The van der Waals surface area contributed by atoms with E-state index < -0.39 is 17.2 Å². The van der Waals surface area contributed by atoms with E-state index in [1.54, 1.807) is 56.3 Å². The van der Waals surface area contributed by atoms with Crippen LogP contribution in [0.1, 0.15) is 13.8 Å². The molecule has 0 aliphatic heterocycles. The highest BCUT2D eigenvalue weighted by atomic mass is 35.5. The lowest BCUT2D eigenvalue weighted by Gasteiger charge is -2.23. The fourth-order valence-electron chi connectivity index (χ4n) is 2.13. The third-order valence-electron chi connectivity index (χ3n) is 3.88. The molecule has 0 atom stereocenters. The van der Waals surface area contributed by atoms with Crippen LogP contribution in [0.4, 0.5) is 11.4 Å². The lowest BCUT2D eigenvalue weighted by molar-refractivity contribution is -0.135. The second kappa shape index (κ2) is 8.10. The smallest absolute Gasteiger partial charge is 0.239 e. The number of halogens is 1. The first-order valence-corrected chi connectivity index (χ1v) is 8.26. The zero-order chi connectivity index (χ0) is 19.3. The molecule has 2 amide bonds. The van der Waals surface area contributed by atoms with Gasteiger partial charge in [0.2, 0.25) is 11.8 Å². The predicted molar refractivity (Wildman–Crippen MR) is 102 cm³/mol. The Kier molecular flexibility index (Phi) is 6.10. The van der Waals surface area contributed by atoms with Crippen LogP contribution in [0, 0.1) is 5.41 Å². The number of carbonyl (C=O) groups excluding carboxylic acids is 2. The van der Waals surface area contributed by atoms with E-state index in [9.17, 15) is 9.59 Å². The van der Waals surface area contributed by atoms with Crippen LogP contribution in [0.2, 0.25) is 5.02 Å². The summed E-state index contributed by atoms with van der Waals surface area (Å²) in [6.45, 7) is 3.10. The molecule has 0 saturated carbocycles. The number of benzene rings is 2. The van der Waals surface area contributed by atoms with E-state index in [-0.39, 0.29) is 0 Å². The van der Waals surface area contributed by atoms with Gasteiger partial charge >= 0.3 is 0 Å². The van der Waals surface area contributed by atoms with Gasteiger partial charge in [0.15, 0.2) is 11.5 Å². The average Bonchev–Trinajstić information content (AvgIpc) is 2.63. The zero-order valence-corrected chi connectivity index (χ0v) is 15.8. The maximum Gasteiger partial charge on any atom is 0.239 e. The highest BCUT2D eigenvalue weighted by Crippen LogP contribution is 2.31. The van der Waals surface area contributed by atoms with Gasteiger partial charge in [-0.25, -0.2) is 0 Å². The van der Waals surface area contributed by atoms with Crippen molar-refractivity contribution in [1.29, 1.82) is 0 Å². The quantitative estimate of drug-likeness (QED) is 0.748. The molecule has 138 valence electrons. The molecule has 2 N–H and O–H groups in total. The lowest BCUT2D eigenvalue weighted by Crippen LogP contribution is -2.41. The summed E-state index contributed by atoms with van der Waals surface area (Å²) in [5.74, 6) is 0.146. The first-order chi connectivity index (χ1) is 12.3. The van der Waals surface area contributed by atoms with Crippen LogP contribution < -0.4 is 20.1 Å². The molecule has 7 heteroatoms.